The van der Waals surface area contributed by atoms with Crippen molar-refractivity contribution in [2.24, 2.45) is 5.92 Å². The molecular weight excluding hydrogens is 252 g/mol. The highest BCUT2D eigenvalue weighted by atomic mass is 32.1. The molecule has 0 aliphatic heterocycles. The highest BCUT2D eigenvalue weighted by Gasteiger charge is 2.18. The Bertz CT molecular complexity index is 483. The number of hydrogen-bond donors (Lipinski definition) is 1. The molecule has 1 aromatic heterocycles. The molecule has 0 saturated heterocycles. The Morgan fingerprint density at radius 1 is 1.16 bits per heavy atom. The second-order valence-corrected chi connectivity index (χ2v) is 6.34. The lowest BCUT2D eigenvalue weighted by Gasteiger charge is -2.25. The van der Waals surface area contributed by atoms with Crippen molar-refractivity contribution in [1.82, 2.24) is 10.3 Å². The summed E-state index contributed by atoms with van der Waals surface area (Å²) in [4.78, 5) is 4.73. The summed E-state index contributed by atoms with van der Waals surface area (Å²) in [5, 5.41) is 4.90. The maximum absolute atomic E-state index is 4.73. The van der Waals surface area contributed by atoms with Gasteiger partial charge in [0, 0.05) is 6.04 Å². The van der Waals surface area contributed by atoms with Gasteiger partial charge >= 0.3 is 0 Å². The van der Waals surface area contributed by atoms with Crippen LogP contribution in [0.5, 0.6) is 0 Å². The van der Waals surface area contributed by atoms with E-state index in [0.717, 1.165) is 11.4 Å². The van der Waals surface area contributed by atoms with Gasteiger partial charge in [0.15, 0.2) is 0 Å². The van der Waals surface area contributed by atoms with Crippen molar-refractivity contribution in [1.29, 1.82) is 0 Å². The van der Waals surface area contributed by atoms with Gasteiger partial charge in [0.25, 0.3) is 0 Å². The number of thiazole rings is 1. The second-order valence-electron chi connectivity index (χ2n) is 5.27. The van der Waals surface area contributed by atoms with E-state index < -0.39 is 0 Å². The molecular formula is C16H24N2S. The van der Waals surface area contributed by atoms with Crippen molar-refractivity contribution in [2.45, 2.75) is 52.6 Å². The van der Waals surface area contributed by atoms with Crippen LogP contribution in [0, 0.1) is 5.92 Å². The van der Waals surface area contributed by atoms with E-state index in [0.29, 0.717) is 12.1 Å². The van der Waals surface area contributed by atoms with Gasteiger partial charge in [-0.2, -0.15) is 0 Å². The smallest absolute Gasteiger partial charge is 0.111 e. The first-order chi connectivity index (χ1) is 9.15. The Morgan fingerprint density at radius 3 is 2.47 bits per heavy atom. The lowest BCUT2D eigenvalue weighted by molar-refractivity contribution is 0.330. The van der Waals surface area contributed by atoms with Crippen LogP contribution in [0.2, 0.25) is 0 Å². The number of para-hydroxylation sites is 1. The summed E-state index contributed by atoms with van der Waals surface area (Å²) in [5.74, 6) is 0.747. The number of nitrogens with one attached hydrogen (secondary N) is 1. The van der Waals surface area contributed by atoms with E-state index in [2.05, 4.69) is 57.3 Å². The maximum atomic E-state index is 4.73. The molecule has 0 aliphatic rings. The van der Waals surface area contributed by atoms with Crippen molar-refractivity contribution in [2.75, 3.05) is 0 Å². The fraction of sp³-hybridized carbons (Fsp3) is 0.562. The molecule has 1 N–H and O–H groups in total. The van der Waals surface area contributed by atoms with Crippen molar-refractivity contribution in [3.8, 4) is 0 Å². The zero-order valence-electron chi connectivity index (χ0n) is 12.3. The molecule has 0 bridgehead atoms. The average molecular weight is 276 g/mol. The summed E-state index contributed by atoms with van der Waals surface area (Å²) in [7, 11) is 0. The Kier molecular flexibility index (Phi) is 4.94. The Labute approximate surface area is 120 Å². The number of rotatable bonds is 6. The quantitative estimate of drug-likeness (QED) is 0.822. The van der Waals surface area contributed by atoms with E-state index in [1.54, 1.807) is 11.3 Å². The maximum Gasteiger partial charge on any atom is 0.111 e. The summed E-state index contributed by atoms with van der Waals surface area (Å²) >= 11 is 1.80. The second kappa shape index (κ2) is 6.49. The van der Waals surface area contributed by atoms with Gasteiger partial charge < -0.3 is 5.32 Å². The number of hydrogen-bond acceptors (Lipinski definition) is 3. The largest absolute Gasteiger partial charge is 0.305 e. The van der Waals surface area contributed by atoms with Crippen LogP contribution < -0.4 is 5.32 Å². The predicted octanol–water partition coefficient (Wildman–Crippen LogP) is 4.77. The fourth-order valence-electron chi connectivity index (χ4n) is 2.67. The molecule has 2 atom stereocenters. The number of benzene rings is 1. The van der Waals surface area contributed by atoms with Gasteiger partial charge in [0.05, 0.1) is 16.3 Å². The molecule has 2 rings (SSSR count). The average Bonchev–Trinajstić information content (AvgIpc) is 2.84. The number of fused-ring (bicyclic) bond motifs is 1. The van der Waals surface area contributed by atoms with Crippen molar-refractivity contribution in [3.05, 3.63) is 29.3 Å². The molecule has 0 radical (unpaired) electrons. The van der Waals surface area contributed by atoms with Gasteiger partial charge in [-0.1, -0.05) is 38.8 Å². The molecule has 104 valence electrons. The lowest BCUT2D eigenvalue weighted by atomic mass is 9.95. The summed E-state index contributed by atoms with van der Waals surface area (Å²) in [6.07, 6.45) is 2.47. The summed E-state index contributed by atoms with van der Waals surface area (Å²) in [5.41, 5.74) is 1.12. The molecule has 1 aromatic carbocycles. The van der Waals surface area contributed by atoms with Crippen LogP contribution in [0.1, 0.15) is 51.6 Å². The molecule has 0 amide bonds. The topological polar surface area (TPSA) is 24.9 Å². The van der Waals surface area contributed by atoms with Gasteiger partial charge in [-0.15, -0.1) is 11.3 Å². The highest BCUT2D eigenvalue weighted by Crippen LogP contribution is 2.27. The fourth-order valence-corrected chi connectivity index (χ4v) is 3.65. The van der Waals surface area contributed by atoms with Crippen LogP contribution in [-0.2, 0) is 0 Å². The Hall–Kier alpha value is -0.930. The summed E-state index contributed by atoms with van der Waals surface area (Å²) in [6, 6.07) is 9.23. The van der Waals surface area contributed by atoms with Crippen LogP contribution in [0.25, 0.3) is 10.2 Å². The van der Waals surface area contributed by atoms with E-state index in [1.807, 2.05) is 0 Å². The van der Waals surface area contributed by atoms with E-state index in [9.17, 15) is 0 Å². The molecule has 2 unspecified atom stereocenters. The molecule has 1 heterocycles. The minimum absolute atomic E-state index is 0.327. The molecule has 0 aliphatic carbocycles. The first-order valence-corrected chi connectivity index (χ1v) is 8.08. The zero-order chi connectivity index (χ0) is 13.8. The highest BCUT2D eigenvalue weighted by molar-refractivity contribution is 7.18. The SMILES string of the molecule is CCC(CC)C(C)NC(C)c1nc2ccccc2s1. The van der Waals surface area contributed by atoms with Gasteiger partial charge in [-0.05, 0) is 31.9 Å². The van der Waals surface area contributed by atoms with Crippen molar-refractivity contribution in [3.63, 3.8) is 0 Å². The molecule has 19 heavy (non-hydrogen) atoms. The van der Waals surface area contributed by atoms with Crippen LogP contribution in [0.3, 0.4) is 0 Å². The first kappa shape index (κ1) is 14.5. The Balaban J connectivity index is 2.08. The third kappa shape index (κ3) is 3.34. The molecule has 2 nitrogen and oxygen atoms in total. The van der Waals surface area contributed by atoms with Crippen LogP contribution in [-0.4, -0.2) is 11.0 Å². The number of nitrogens with zero attached hydrogens (tertiary/aromatic N) is 1. The zero-order valence-corrected chi connectivity index (χ0v) is 13.1. The van der Waals surface area contributed by atoms with Gasteiger partial charge in [0.1, 0.15) is 5.01 Å². The molecule has 2 aromatic rings. The minimum atomic E-state index is 0.327. The van der Waals surface area contributed by atoms with E-state index in [-0.39, 0.29) is 0 Å². The summed E-state index contributed by atoms with van der Waals surface area (Å²) < 4.78 is 1.28. The monoisotopic (exact) mass is 276 g/mol. The standard InChI is InChI=1S/C16H24N2S/c1-5-13(6-2)11(3)17-12(4)16-18-14-9-7-8-10-15(14)19-16/h7-13,17H,5-6H2,1-4H3. The van der Waals surface area contributed by atoms with Crippen LogP contribution in [0.4, 0.5) is 0 Å². The molecule has 3 heteroatoms. The van der Waals surface area contributed by atoms with Crippen LogP contribution >= 0.6 is 11.3 Å². The molecule has 0 spiro atoms. The molecule has 0 saturated carbocycles. The van der Waals surface area contributed by atoms with Crippen molar-refractivity contribution >= 4 is 21.6 Å². The van der Waals surface area contributed by atoms with Gasteiger partial charge in [-0.25, -0.2) is 4.98 Å². The minimum Gasteiger partial charge on any atom is -0.305 e. The third-order valence-corrected chi connectivity index (χ3v) is 5.17. The van der Waals surface area contributed by atoms with E-state index in [4.69, 9.17) is 4.98 Å². The van der Waals surface area contributed by atoms with Gasteiger partial charge in [-0.3, -0.25) is 0 Å². The summed E-state index contributed by atoms with van der Waals surface area (Å²) in [6.45, 7) is 9.06. The predicted molar refractivity (Wildman–Crippen MR) is 84.7 cm³/mol. The number of aromatic nitrogens is 1. The lowest BCUT2D eigenvalue weighted by Crippen LogP contribution is -2.34. The van der Waals surface area contributed by atoms with E-state index >= 15 is 0 Å². The van der Waals surface area contributed by atoms with Gasteiger partial charge in [0.2, 0.25) is 0 Å². The first-order valence-electron chi connectivity index (χ1n) is 7.27. The normalized spacial score (nSPS) is 15.0. The van der Waals surface area contributed by atoms with Crippen LogP contribution in [0.15, 0.2) is 24.3 Å². The Morgan fingerprint density at radius 2 is 1.84 bits per heavy atom. The van der Waals surface area contributed by atoms with E-state index in [1.165, 1.54) is 22.5 Å². The van der Waals surface area contributed by atoms with Crippen molar-refractivity contribution < 1.29 is 0 Å². The third-order valence-electron chi connectivity index (χ3n) is 3.95. The molecule has 0 fully saturated rings.